The quantitative estimate of drug-likeness (QED) is 0.785. The first-order chi connectivity index (χ1) is 9.22. The van der Waals surface area contributed by atoms with Crippen molar-refractivity contribution >= 4 is 5.82 Å². The largest absolute Gasteiger partial charge is 0.383 e. The summed E-state index contributed by atoms with van der Waals surface area (Å²) in [6, 6.07) is 0.522. The second-order valence-corrected chi connectivity index (χ2v) is 5.09. The molecule has 0 radical (unpaired) electrons. The van der Waals surface area contributed by atoms with E-state index >= 15 is 0 Å². The molecule has 0 saturated carbocycles. The number of aromatic nitrogens is 2. The second kappa shape index (κ2) is 6.82. The highest BCUT2D eigenvalue weighted by atomic mass is 16.5. The van der Waals surface area contributed by atoms with Crippen molar-refractivity contribution in [3.8, 4) is 0 Å². The zero-order valence-corrected chi connectivity index (χ0v) is 12.1. The molecule has 1 N–H and O–H groups in total. The van der Waals surface area contributed by atoms with E-state index in [0.717, 1.165) is 43.4 Å². The van der Waals surface area contributed by atoms with Gasteiger partial charge in [-0.2, -0.15) is 0 Å². The summed E-state index contributed by atoms with van der Waals surface area (Å²) in [6.07, 6.45) is 4.34. The van der Waals surface area contributed by atoms with Crippen molar-refractivity contribution in [2.45, 2.75) is 32.7 Å². The van der Waals surface area contributed by atoms with Gasteiger partial charge in [0.1, 0.15) is 5.82 Å². The van der Waals surface area contributed by atoms with Crippen LogP contribution in [0.25, 0.3) is 0 Å². The highest BCUT2D eigenvalue weighted by Crippen LogP contribution is 2.23. The van der Waals surface area contributed by atoms with Gasteiger partial charge in [0.25, 0.3) is 0 Å². The fourth-order valence-corrected chi connectivity index (χ4v) is 2.46. The van der Waals surface area contributed by atoms with E-state index in [-0.39, 0.29) is 0 Å². The molecule has 19 heavy (non-hydrogen) atoms. The lowest BCUT2D eigenvalue weighted by Crippen LogP contribution is -2.39. The Morgan fingerprint density at radius 2 is 2.26 bits per heavy atom. The van der Waals surface area contributed by atoms with Crippen molar-refractivity contribution in [3.63, 3.8) is 0 Å². The first-order valence-corrected chi connectivity index (χ1v) is 6.99. The van der Waals surface area contributed by atoms with Crippen LogP contribution < -0.4 is 10.2 Å². The molecule has 5 nitrogen and oxygen atoms in total. The SMILES string of the molecule is COCCNCC1CCCN1c1cnc(C)c(C)n1. The highest BCUT2D eigenvalue weighted by molar-refractivity contribution is 5.40. The lowest BCUT2D eigenvalue weighted by molar-refractivity contribution is 0.199. The van der Waals surface area contributed by atoms with Gasteiger partial charge in [0.15, 0.2) is 0 Å². The third-order valence-corrected chi connectivity index (χ3v) is 3.71. The first kappa shape index (κ1) is 14.2. The van der Waals surface area contributed by atoms with Crippen LogP contribution in [0.4, 0.5) is 5.82 Å². The molecular formula is C14H24N4O. The van der Waals surface area contributed by atoms with Gasteiger partial charge in [0.2, 0.25) is 0 Å². The van der Waals surface area contributed by atoms with Crippen molar-refractivity contribution < 1.29 is 4.74 Å². The zero-order valence-electron chi connectivity index (χ0n) is 12.1. The van der Waals surface area contributed by atoms with Gasteiger partial charge in [-0.15, -0.1) is 0 Å². The summed E-state index contributed by atoms with van der Waals surface area (Å²) >= 11 is 0. The van der Waals surface area contributed by atoms with Crippen LogP contribution in [0.15, 0.2) is 6.20 Å². The molecule has 1 aromatic heterocycles. The maximum absolute atomic E-state index is 5.05. The number of hydrogen-bond acceptors (Lipinski definition) is 5. The number of ether oxygens (including phenoxy) is 1. The summed E-state index contributed by atoms with van der Waals surface area (Å²) in [5, 5.41) is 3.44. The predicted octanol–water partition coefficient (Wildman–Crippen LogP) is 1.30. The molecule has 0 spiro atoms. The molecule has 1 fully saturated rings. The molecule has 1 atom stereocenters. The Kier molecular flexibility index (Phi) is 5.10. The average molecular weight is 264 g/mol. The molecule has 0 aromatic carbocycles. The molecule has 2 rings (SSSR count). The van der Waals surface area contributed by atoms with Crippen LogP contribution in [0.2, 0.25) is 0 Å². The van der Waals surface area contributed by atoms with Crippen LogP contribution in [0.5, 0.6) is 0 Å². The number of nitrogens with one attached hydrogen (secondary N) is 1. The fourth-order valence-electron chi connectivity index (χ4n) is 2.46. The zero-order chi connectivity index (χ0) is 13.7. The van der Waals surface area contributed by atoms with Crippen molar-refractivity contribution in [1.82, 2.24) is 15.3 Å². The molecular weight excluding hydrogens is 240 g/mol. The highest BCUT2D eigenvalue weighted by Gasteiger charge is 2.25. The molecule has 1 saturated heterocycles. The molecule has 1 aliphatic heterocycles. The maximum Gasteiger partial charge on any atom is 0.147 e. The van der Waals surface area contributed by atoms with Crippen LogP contribution in [-0.4, -0.2) is 49.4 Å². The monoisotopic (exact) mass is 264 g/mol. The summed E-state index contributed by atoms with van der Waals surface area (Å²) in [6.45, 7) is 7.75. The molecule has 5 heteroatoms. The lowest BCUT2D eigenvalue weighted by atomic mass is 10.2. The topological polar surface area (TPSA) is 50.3 Å². The van der Waals surface area contributed by atoms with Crippen molar-refractivity contribution in [2.24, 2.45) is 0 Å². The lowest BCUT2D eigenvalue weighted by Gasteiger charge is -2.26. The third-order valence-electron chi connectivity index (χ3n) is 3.71. The van der Waals surface area contributed by atoms with Gasteiger partial charge in [-0.25, -0.2) is 4.98 Å². The average Bonchev–Trinajstić information content (AvgIpc) is 2.86. The molecule has 1 unspecified atom stereocenters. The standard InChI is InChI=1S/C14H24N4O/c1-11-12(2)17-14(10-16-11)18-7-4-5-13(18)9-15-6-8-19-3/h10,13,15H,4-9H2,1-3H3. The van der Waals surface area contributed by atoms with Gasteiger partial charge in [-0.05, 0) is 26.7 Å². The Bertz CT molecular complexity index is 410. The van der Waals surface area contributed by atoms with Crippen molar-refractivity contribution in [2.75, 3.05) is 38.3 Å². The first-order valence-electron chi connectivity index (χ1n) is 6.99. The van der Waals surface area contributed by atoms with Gasteiger partial charge in [0.05, 0.1) is 24.2 Å². The number of anilines is 1. The molecule has 1 aromatic rings. The number of hydrogen-bond donors (Lipinski definition) is 1. The number of aryl methyl sites for hydroxylation is 2. The molecule has 0 amide bonds. The van der Waals surface area contributed by atoms with E-state index in [2.05, 4.69) is 20.2 Å². The van der Waals surface area contributed by atoms with E-state index in [1.807, 2.05) is 20.0 Å². The molecule has 1 aliphatic rings. The Hall–Kier alpha value is -1.20. The minimum atomic E-state index is 0.522. The minimum Gasteiger partial charge on any atom is -0.383 e. The summed E-state index contributed by atoms with van der Waals surface area (Å²) in [5.74, 6) is 1.01. The number of rotatable bonds is 6. The Balaban J connectivity index is 1.95. The minimum absolute atomic E-state index is 0.522. The smallest absolute Gasteiger partial charge is 0.147 e. The normalized spacial score (nSPS) is 19.1. The number of nitrogens with zero attached hydrogens (tertiary/aromatic N) is 3. The van der Waals surface area contributed by atoms with E-state index in [1.165, 1.54) is 12.8 Å². The van der Waals surface area contributed by atoms with E-state index < -0.39 is 0 Å². The van der Waals surface area contributed by atoms with Gasteiger partial charge >= 0.3 is 0 Å². The van der Waals surface area contributed by atoms with Crippen LogP contribution in [0.3, 0.4) is 0 Å². The van der Waals surface area contributed by atoms with Crippen LogP contribution >= 0.6 is 0 Å². The van der Waals surface area contributed by atoms with Crippen LogP contribution in [0.1, 0.15) is 24.2 Å². The van der Waals surface area contributed by atoms with Gasteiger partial charge in [0, 0.05) is 32.8 Å². The number of methoxy groups -OCH3 is 1. The molecule has 0 bridgehead atoms. The summed E-state index contributed by atoms with van der Waals surface area (Å²) in [4.78, 5) is 11.5. The summed E-state index contributed by atoms with van der Waals surface area (Å²) in [7, 11) is 1.73. The van der Waals surface area contributed by atoms with E-state index in [9.17, 15) is 0 Å². The van der Waals surface area contributed by atoms with Crippen molar-refractivity contribution in [3.05, 3.63) is 17.6 Å². The summed E-state index contributed by atoms with van der Waals surface area (Å²) in [5.41, 5.74) is 2.04. The molecule has 106 valence electrons. The van der Waals surface area contributed by atoms with E-state index in [0.29, 0.717) is 6.04 Å². The third kappa shape index (κ3) is 3.64. The molecule has 2 heterocycles. The Morgan fingerprint density at radius 1 is 1.42 bits per heavy atom. The van der Waals surface area contributed by atoms with Gasteiger partial charge in [-0.3, -0.25) is 4.98 Å². The van der Waals surface area contributed by atoms with Crippen molar-refractivity contribution in [1.29, 1.82) is 0 Å². The molecule has 0 aliphatic carbocycles. The van der Waals surface area contributed by atoms with E-state index in [1.54, 1.807) is 7.11 Å². The van der Waals surface area contributed by atoms with E-state index in [4.69, 9.17) is 4.74 Å². The maximum atomic E-state index is 5.05. The van der Waals surface area contributed by atoms with Crippen LogP contribution in [-0.2, 0) is 4.74 Å². The van der Waals surface area contributed by atoms with Gasteiger partial charge < -0.3 is 15.0 Å². The summed E-state index contributed by atoms with van der Waals surface area (Å²) < 4.78 is 5.05. The predicted molar refractivity (Wildman–Crippen MR) is 76.6 cm³/mol. The van der Waals surface area contributed by atoms with Gasteiger partial charge in [-0.1, -0.05) is 0 Å². The Labute approximate surface area is 115 Å². The Morgan fingerprint density at radius 3 is 3.00 bits per heavy atom. The second-order valence-electron chi connectivity index (χ2n) is 5.09. The fraction of sp³-hybridized carbons (Fsp3) is 0.714. The van der Waals surface area contributed by atoms with Crippen LogP contribution in [0, 0.1) is 13.8 Å².